The zero-order valence-electron chi connectivity index (χ0n) is 27.3. The molecule has 1 aromatic heterocycles. The number of fused-ring (bicyclic) bond motifs is 1. The number of hydrogen-bond donors (Lipinski definition) is 4. The summed E-state index contributed by atoms with van der Waals surface area (Å²) in [6, 6.07) is 17.4. The summed E-state index contributed by atoms with van der Waals surface area (Å²) < 4.78 is 0. The van der Waals surface area contributed by atoms with Crippen molar-refractivity contribution in [3.05, 3.63) is 93.6 Å². The molecule has 2 aliphatic heterocycles. The van der Waals surface area contributed by atoms with Gasteiger partial charge in [0.2, 0.25) is 0 Å². The number of rotatable bonds is 9. The number of anilines is 3. The van der Waals surface area contributed by atoms with E-state index in [1.165, 1.54) is 11.8 Å². The van der Waals surface area contributed by atoms with E-state index in [1.807, 2.05) is 37.4 Å². The van der Waals surface area contributed by atoms with E-state index >= 15 is 0 Å². The molecule has 47 heavy (non-hydrogen) atoms. The first-order valence-electron chi connectivity index (χ1n) is 16.0. The second-order valence-corrected chi connectivity index (χ2v) is 14.4. The van der Waals surface area contributed by atoms with Gasteiger partial charge in [-0.05, 0) is 79.3 Å². The zero-order valence-corrected chi connectivity index (χ0v) is 28.9. The number of nitrogens with two attached hydrogens (primary N) is 1. The molecule has 0 radical (unpaired) electrons. The third-order valence-electron chi connectivity index (χ3n) is 9.40. The number of nitrogens with zero attached hydrogens (tertiary/aromatic N) is 4. The number of carbonyl (C=O) groups excluding carboxylic acids is 1. The number of phenols is 1. The van der Waals surface area contributed by atoms with E-state index in [2.05, 4.69) is 64.5 Å². The van der Waals surface area contributed by atoms with Crippen LogP contribution < -0.4 is 21.3 Å². The maximum Gasteiger partial charge on any atom is 0.258 e. The molecule has 0 bridgehead atoms. The fourth-order valence-electron chi connectivity index (χ4n) is 6.08. The Morgan fingerprint density at radius 3 is 2.60 bits per heavy atom. The minimum absolute atomic E-state index is 0.0132. The molecule has 246 valence electrons. The van der Waals surface area contributed by atoms with E-state index in [0.717, 1.165) is 64.6 Å². The lowest BCUT2D eigenvalue weighted by Gasteiger charge is -2.39. The number of carbonyl (C=O) groups is 1. The molecule has 1 saturated heterocycles. The lowest BCUT2D eigenvalue weighted by atomic mass is 9.90. The van der Waals surface area contributed by atoms with Crippen molar-refractivity contribution in [2.24, 2.45) is 0 Å². The van der Waals surface area contributed by atoms with Gasteiger partial charge in [0.05, 0.1) is 22.5 Å². The highest BCUT2D eigenvalue weighted by molar-refractivity contribution is 7.99. The molecule has 0 spiro atoms. The summed E-state index contributed by atoms with van der Waals surface area (Å²) in [6.07, 6.45) is 3.85. The molecule has 11 heteroatoms. The predicted molar refractivity (Wildman–Crippen MR) is 190 cm³/mol. The number of piperidine rings is 1. The summed E-state index contributed by atoms with van der Waals surface area (Å²) in [5.41, 5.74) is 12.0. The molecule has 1 amide bonds. The molecular formula is C36H42ClN7O2S. The highest BCUT2D eigenvalue weighted by Crippen LogP contribution is 2.39. The number of nitrogens with one attached hydrogen (secondary N) is 2. The van der Waals surface area contributed by atoms with Crippen LogP contribution in [-0.2, 0) is 19.6 Å². The zero-order chi connectivity index (χ0) is 33.3. The Labute approximate surface area is 285 Å². The van der Waals surface area contributed by atoms with Gasteiger partial charge in [-0.1, -0.05) is 67.5 Å². The maximum atomic E-state index is 13.4. The molecule has 5 N–H and O–H groups in total. The summed E-state index contributed by atoms with van der Waals surface area (Å²) >= 11 is 8.27. The van der Waals surface area contributed by atoms with Crippen LogP contribution in [0.2, 0.25) is 5.02 Å². The Morgan fingerprint density at radius 2 is 1.87 bits per heavy atom. The van der Waals surface area contributed by atoms with E-state index in [1.54, 1.807) is 17.2 Å². The van der Waals surface area contributed by atoms with Crippen molar-refractivity contribution in [3.63, 3.8) is 0 Å². The molecule has 1 fully saturated rings. The molecule has 2 aliphatic rings. The van der Waals surface area contributed by atoms with Crippen LogP contribution in [0.5, 0.6) is 5.75 Å². The Hall–Kier alpha value is -3.99. The van der Waals surface area contributed by atoms with Crippen molar-refractivity contribution in [2.45, 2.75) is 74.6 Å². The van der Waals surface area contributed by atoms with Gasteiger partial charge in [-0.25, -0.2) is 9.97 Å². The van der Waals surface area contributed by atoms with E-state index in [4.69, 9.17) is 17.3 Å². The van der Waals surface area contributed by atoms with Crippen LogP contribution in [-0.4, -0.2) is 51.6 Å². The maximum absolute atomic E-state index is 13.4. The molecule has 4 aromatic rings. The third-order valence-corrected chi connectivity index (χ3v) is 11.0. The van der Waals surface area contributed by atoms with Crippen molar-refractivity contribution in [2.75, 3.05) is 36.1 Å². The van der Waals surface area contributed by atoms with Gasteiger partial charge in [-0.2, -0.15) is 0 Å². The van der Waals surface area contributed by atoms with Crippen LogP contribution in [0.3, 0.4) is 0 Å². The fourth-order valence-corrected chi connectivity index (χ4v) is 7.19. The first kappa shape index (κ1) is 32.9. The molecular weight excluding hydrogens is 630 g/mol. The Balaban J connectivity index is 1.09. The number of hydrogen-bond acceptors (Lipinski definition) is 9. The summed E-state index contributed by atoms with van der Waals surface area (Å²) in [4.78, 5) is 27.5. The molecule has 0 unspecified atom stereocenters. The minimum atomic E-state index is -0.162. The van der Waals surface area contributed by atoms with Gasteiger partial charge >= 0.3 is 0 Å². The van der Waals surface area contributed by atoms with Crippen molar-refractivity contribution < 1.29 is 9.90 Å². The van der Waals surface area contributed by atoms with E-state index < -0.39 is 0 Å². The first-order chi connectivity index (χ1) is 22.5. The number of amides is 1. The predicted octanol–water partition coefficient (Wildman–Crippen LogP) is 7.04. The topological polar surface area (TPSA) is 120 Å². The molecule has 3 heterocycles. The van der Waals surface area contributed by atoms with Gasteiger partial charge in [0, 0.05) is 43.2 Å². The van der Waals surface area contributed by atoms with Gasteiger partial charge in [0.25, 0.3) is 5.91 Å². The third kappa shape index (κ3) is 7.15. The summed E-state index contributed by atoms with van der Waals surface area (Å²) in [7, 11) is 2.02. The monoisotopic (exact) mass is 671 g/mol. The molecule has 3 aromatic carbocycles. The molecule has 0 aliphatic carbocycles. The fraction of sp³-hybridized carbons (Fsp3) is 0.361. The largest absolute Gasteiger partial charge is 0.507 e. The summed E-state index contributed by atoms with van der Waals surface area (Å²) in [5, 5.41) is 18.5. The van der Waals surface area contributed by atoms with Crippen LogP contribution in [0, 0.1) is 0 Å². The van der Waals surface area contributed by atoms with Gasteiger partial charge < -0.3 is 31.3 Å². The second kappa shape index (κ2) is 13.6. The van der Waals surface area contributed by atoms with Crippen LogP contribution in [0.1, 0.15) is 72.1 Å². The number of phenolic OH excluding ortho intramolecular Hbond substituents is 1. The molecule has 6 rings (SSSR count). The Kier molecular flexibility index (Phi) is 9.55. The summed E-state index contributed by atoms with van der Waals surface area (Å²) in [6.45, 7) is 9.76. The van der Waals surface area contributed by atoms with Crippen LogP contribution >= 0.6 is 23.4 Å². The number of nitrogen functional groups attached to an aromatic ring is 1. The lowest BCUT2D eigenvalue weighted by Crippen LogP contribution is -2.50. The smallest absolute Gasteiger partial charge is 0.258 e. The number of aromatic hydroxyl groups is 1. The number of aromatic nitrogens is 2. The van der Waals surface area contributed by atoms with E-state index in [-0.39, 0.29) is 23.1 Å². The van der Waals surface area contributed by atoms with Crippen LogP contribution in [0.15, 0.2) is 70.7 Å². The van der Waals surface area contributed by atoms with E-state index in [9.17, 15) is 9.90 Å². The molecule has 9 nitrogen and oxygen atoms in total. The highest BCUT2D eigenvalue weighted by Gasteiger charge is 2.29. The summed E-state index contributed by atoms with van der Waals surface area (Å²) in [5.74, 6) is 1.30. The van der Waals surface area contributed by atoms with Gasteiger partial charge in [-0.15, -0.1) is 0 Å². The minimum Gasteiger partial charge on any atom is -0.507 e. The van der Waals surface area contributed by atoms with Crippen molar-refractivity contribution in [3.8, 4) is 5.75 Å². The van der Waals surface area contributed by atoms with E-state index in [0.29, 0.717) is 41.1 Å². The van der Waals surface area contributed by atoms with Gasteiger partial charge in [-0.3, -0.25) is 4.79 Å². The van der Waals surface area contributed by atoms with Crippen molar-refractivity contribution in [1.82, 2.24) is 20.2 Å². The average Bonchev–Trinajstić information content (AvgIpc) is 3.50. The standard InChI is InChI=1S/C36H42ClN7O2S/c1-22(2)24-10-11-29(45)27(17-24)35(46)44-20-25-9-8-23(16-26(25)21-44)18-40-28-6-5-7-30(32(28)37)47-34-33(38)42-31(19-41-34)43-14-12-36(3,39-4)13-15-43/h5-11,16-17,19,22,39-40,45H,12-15,18,20-21H2,1-4H3,(H2,38,42). The van der Waals surface area contributed by atoms with Crippen LogP contribution in [0.4, 0.5) is 17.3 Å². The second-order valence-electron chi connectivity index (χ2n) is 13.0. The van der Waals surface area contributed by atoms with Crippen LogP contribution in [0.25, 0.3) is 0 Å². The first-order valence-corrected chi connectivity index (χ1v) is 17.2. The number of halogens is 1. The SMILES string of the molecule is CNC1(C)CCN(c2cnc(Sc3cccc(NCc4ccc5c(c4)CN(C(=O)c4cc(C(C)C)ccc4O)C5)c3Cl)c(N)n2)CC1. The Morgan fingerprint density at radius 1 is 1.11 bits per heavy atom. The van der Waals surface area contributed by atoms with Gasteiger partial charge in [0.1, 0.15) is 16.6 Å². The van der Waals surface area contributed by atoms with Crippen molar-refractivity contribution in [1.29, 1.82) is 0 Å². The number of benzene rings is 3. The average molecular weight is 672 g/mol. The van der Waals surface area contributed by atoms with Gasteiger partial charge in [0.15, 0.2) is 5.82 Å². The Bertz CT molecular complexity index is 1790. The van der Waals surface area contributed by atoms with Crippen molar-refractivity contribution >= 4 is 46.6 Å². The molecule has 0 saturated carbocycles. The molecule has 0 atom stereocenters. The lowest BCUT2D eigenvalue weighted by molar-refractivity contribution is 0.0748. The normalized spacial score (nSPS) is 15.6. The quantitative estimate of drug-likeness (QED) is 0.149. The highest BCUT2D eigenvalue weighted by atomic mass is 35.5.